The molecule has 1 aromatic carbocycles. The van der Waals surface area contributed by atoms with Crippen LogP contribution in [0.3, 0.4) is 0 Å². The minimum Gasteiger partial charge on any atom is -0.481 e. The summed E-state index contributed by atoms with van der Waals surface area (Å²) in [5, 5.41) is 3.09. The van der Waals surface area contributed by atoms with Crippen molar-refractivity contribution in [2.75, 3.05) is 18.2 Å². The summed E-state index contributed by atoms with van der Waals surface area (Å²) >= 11 is 0. The van der Waals surface area contributed by atoms with Gasteiger partial charge in [-0.05, 0) is 11.6 Å². The van der Waals surface area contributed by atoms with Crippen molar-refractivity contribution in [2.45, 2.75) is 6.54 Å². The number of nitrogens with two attached hydrogens (primary N) is 1. The van der Waals surface area contributed by atoms with Crippen LogP contribution in [0.1, 0.15) is 5.56 Å². The second kappa shape index (κ2) is 5.16. The first kappa shape index (κ1) is 11.2. The van der Waals surface area contributed by atoms with Gasteiger partial charge in [-0.25, -0.2) is 4.98 Å². The van der Waals surface area contributed by atoms with Crippen molar-refractivity contribution in [3.8, 4) is 5.88 Å². The van der Waals surface area contributed by atoms with Gasteiger partial charge in [-0.3, -0.25) is 0 Å². The third kappa shape index (κ3) is 2.84. The van der Waals surface area contributed by atoms with Crippen LogP contribution >= 0.6 is 0 Å². The van der Waals surface area contributed by atoms with Gasteiger partial charge in [0.05, 0.1) is 7.11 Å². The summed E-state index contributed by atoms with van der Waals surface area (Å²) in [4.78, 5) is 8.24. The third-order valence-corrected chi connectivity index (χ3v) is 2.33. The largest absolute Gasteiger partial charge is 0.481 e. The number of nitrogen functional groups attached to an aromatic ring is 1. The Morgan fingerprint density at radius 2 is 2.12 bits per heavy atom. The van der Waals surface area contributed by atoms with Gasteiger partial charge in [0.15, 0.2) is 0 Å². The number of hydrogen-bond acceptors (Lipinski definition) is 5. The molecule has 0 fully saturated rings. The Labute approximate surface area is 99.7 Å². The Morgan fingerprint density at radius 1 is 1.29 bits per heavy atom. The lowest BCUT2D eigenvalue weighted by Crippen LogP contribution is -2.05. The zero-order valence-electron chi connectivity index (χ0n) is 9.55. The number of hydrogen-bond donors (Lipinski definition) is 2. The average Bonchev–Trinajstić information content (AvgIpc) is 2.38. The lowest BCUT2D eigenvalue weighted by molar-refractivity contribution is 0.397. The van der Waals surface area contributed by atoms with Crippen LogP contribution in [0.2, 0.25) is 0 Å². The third-order valence-electron chi connectivity index (χ3n) is 2.33. The summed E-state index contributed by atoms with van der Waals surface area (Å²) < 4.78 is 5.01. The molecule has 5 nitrogen and oxygen atoms in total. The van der Waals surface area contributed by atoms with Gasteiger partial charge < -0.3 is 15.8 Å². The summed E-state index contributed by atoms with van der Waals surface area (Å²) in [6, 6.07) is 9.37. The Morgan fingerprint density at radius 3 is 2.88 bits per heavy atom. The summed E-state index contributed by atoms with van der Waals surface area (Å²) in [6.07, 6.45) is 1.64. The molecule has 0 amide bonds. The normalized spacial score (nSPS) is 9.94. The molecule has 2 rings (SSSR count). The first-order chi connectivity index (χ1) is 8.29. The lowest BCUT2D eigenvalue weighted by atomic mass is 10.2. The highest BCUT2D eigenvalue weighted by Gasteiger charge is 2.00. The quantitative estimate of drug-likeness (QED) is 0.782. The van der Waals surface area contributed by atoms with Crippen LogP contribution in [-0.2, 0) is 6.54 Å². The van der Waals surface area contributed by atoms with Crippen molar-refractivity contribution in [3.05, 3.63) is 42.1 Å². The summed E-state index contributed by atoms with van der Waals surface area (Å²) in [5.41, 5.74) is 7.60. The molecule has 0 saturated carbocycles. The Balaban J connectivity index is 2.05. The number of nitrogens with zero attached hydrogens (tertiary/aromatic N) is 2. The molecular weight excluding hydrogens is 216 g/mol. The first-order valence-electron chi connectivity index (χ1n) is 5.24. The Bertz CT molecular complexity index is 501. The monoisotopic (exact) mass is 230 g/mol. The van der Waals surface area contributed by atoms with E-state index in [0.29, 0.717) is 18.4 Å². The van der Waals surface area contributed by atoms with E-state index in [1.165, 1.54) is 0 Å². The molecule has 1 heterocycles. The van der Waals surface area contributed by atoms with Crippen LogP contribution < -0.4 is 15.8 Å². The maximum absolute atomic E-state index is 5.84. The van der Waals surface area contributed by atoms with Crippen LogP contribution in [0.4, 0.5) is 11.6 Å². The molecule has 5 heteroatoms. The Hall–Kier alpha value is -2.30. The topological polar surface area (TPSA) is 73.1 Å². The van der Waals surface area contributed by atoms with Crippen LogP contribution in [-0.4, -0.2) is 17.1 Å². The molecule has 0 aliphatic heterocycles. The van der Waals surface area contributed by atoms with Gasteiger partial charge in [-0.2, -0.15) is 4.98 Å². The fourth-order valence-corrected chi connectivity index (χ4v) is 1.41. The van der Waals surface area contributed by atoms with E-state index in [1.807, 2.05) is 24.3 Å². The summed E-state index contributed by atoms with van der Waals surface area (Å²) in [7, 11) is 1.57. The molecule has 3 N–H and O–H groups in total. The fraction of sp³-hybridized carbons (Fsp3) is 0.167. The molecule has 0 atom stereocenters. The zero-order chi connectivity index (χ0) is 12.1. The van der Waals surface area contributed by atoms with E-state index in [1.54, 1.807) is 19.4 Å². The number of ether oxygens (including phenoxy) is 1. The molecule has 0 saturated heterocycles. The van der Waals surface area contributed by atoms with Crippen molar-refractivity contribution in [3.63, 3.8) is 0 Å². The van der Waals surface area contributed by atoms with Gasteiger partial charge in [-0.15, -0.1) is 0 Å². The lowest BCUT2D eigenvalue weighted by Gasteiger charge is -2.07. The van der Waals surface area contributed by atoms with Crippen LogP contribution in [0, 0.1) is 0 Å². The van der Waals surface area contributed by atoms with E-state index in [9.17, 15) is 0 Å². The smallest absolute Gasteiger partial charge is 0.226 e. The molecule has 0 unspecified atom stereocenters. The predicted octanol–water partition coefficient (Wildman–Crippen LogP) is 1.68. The van der Waals surface area contributed by atoms with Gasteiger partial charge in [0.2, 0.25) is 11.8 Å². The maximum atomic E-state index is 5.84. The van der Waals surface area contributed by atoms with E-state index < -0.39 is 0 Å². The van der Waals surface area contributed by atoms with Gasteiger partial charge in [0.25, 0.3) is 0 Å². The number of nitrogens with one attached hydrogen (secondary N) is 1. The first-order valence-corrected chi connectivity index (χ1v) is 5.24. The van der Waals surface area contributed by atoms with Crippen molar-refractivity contribution >= 4 is 11.6 Å². The van der Waals surface area contributed by atoms with Crippen molar-refractivity contribution in [1.82, 2.24) is 9.97 Å². The fourth-order valence-electron chi connectivity index (χ4n) is 1.41. The second-order valence-corrected chi connectivity index (χ2v) is 3.47. The Kier molecular flexibility index (Phi) is 3.40. The molecule has 0 aliphatic rings. The molecule has 88 valence electrons. The highest BCUT2D eigenvalue weighted by molar-refractivity contribution is 5.47. The van der Waals surface area contributed by atoms with E-state index >= 15 is 0 Å². The van der Waals surface area contributed by atoms with Gasteiger partial charge in [0.1, 0.15) is 0 Å². The van der Waals surface area contributed by atoms with Crippen LogP contribution in [0.25, 0.3) is 0 Å². The van der Waals surface area contributed by atoms with E-state index in [2.05, 4.69) is 15.3 Å². The highest BCUT2D eigenvalue weighted by atomic mass is 16.5. The molecule has 0 bridgehead atoms. The van der Waals surface area contributed by atoms with Gasteiger partial charge >= 0.3 is 0 Å². The van der Waals surface area contributed by atoms with Crippen LogP contribution in [0.15, 0.2) is 36.5 Å². The molecule has 0 aliphatic carbocycles. The van der Waals surface area contributed by atoms with Crippen molar-refractivity contribution in [2.24, 2.45) is 0 Å². The van der Waals surface area contributed by atoms with E-state index in [4.69, 9.17) is 10.5 Å². The minimum atomic E-state index is 0.521. The standard InChI is InChI=1S/C12H14N4O/c1-17-11-6-7-14-12(16-11)15-8-9-4-2-3-5-10(9)13/h2-7H,8,13H2,1H3,(H,14,15,16). The van der Waals surface area contributed by atoms with Gasteiger partial charge in [0, 0.05) is 24.5 Å². The molecule has 17 heavy (non-hydrogen) atoms. The molecule has 0 radical (unpaired) electrons. The van der Waals surface area contributed by atoms with E-state index in [0.717, 1.165) is 11.3 Å². The molecule has 1 aromatic heterocycles. The molecule has 0 spiro atoms. The molecule has 2 aromatic rings. The highest BCUT2D eigenvalue weighted by Crippen LogP contribution is 2.13. The van der Waals surface area contributed by atoms with Gasteiger partial charge in [-0.1, -0.05) is 18.2 Å². The summed E-state index contributed by atoms with van der Waals surface area (Å²) in [6.45, 7) is 0.583. The number of para-hydroxylation sites is 1. The number of anilines is 2. The molecular formula is C12H14N4O. The van der Waals surface area contributed by atoms with Crippen molar-refractivity contribution in [1.29, 1.82) is 0 Å². The number of rotatable bonds is 4. The summed E-state index contributed by atoms with van der Waals surface area (Å²) in [5.74, 6) is 1.05. The van der Waals surface area contributed by atoms with Crippen LogP contribution in [0.5, 0.6) is 5.88 Å². The SMILES string of the molecule is COc1ccnc(NCc2ccccc2N)n1. The van der Waals surface area contributed by atoms with E-state index in [-0.39, 0.29) is 0 Å². The number of benzene rings is 1. The predicted molar refractivity (Wildman–Crippen MR) is 66.8 cm³/mol. The van der Waals surface area contributed by atoms with Crippen molar-refractivity contribution < 1.29 is 4.74 Å². The average molecular weight is 230 g/mol. The number of aromatic nitrogens is 2. The minimum absolute atomic E-state index is 0.521. The second-order valence-electron chi connectivity index (χ2n) is 3.47. The number of methoxy groups -OCH3 is 1. The maximum Gasteiger partial charge on any atom is 0.226 e. The zero-order valence-corrected chi connectivity index (χ0v) is 9.55.